The van der Waals surface area contributed by atoms with Gasteiger partial charge in [-0.1, -0.05) is 6.07 Å². The summed E-state index contributed by atoms with van der Waals surface area (Å²) in [6.45, 7) is 0. The molecule has 0 aliphatic heterocycles. The minimum atomic E-state index is 0.117. The van der Waals surface area contributed by atoms with Gasteiger partial charge in [0.15, 0.2) is 0 Å². The largest absolute Gasteiger partial charge is 0.349 e. The minimum absolute atomic E-state index is 0.117. The third kappa shape index (κ3) is 1.46. The summed E-state index contributed by atoms with van der Waals surface area (Å²) >= 11 is 1.51. The van der Waals surface area contributed by atoms with Gasteiger partial charge in [0, 0.05) is 6.04 Å². The van der Waals surface area contributed by atoms with Crippen LogP contribution >= 0.6 is 11.3 Å². The monoisotopic (exact) mass is 207 g/mol. The number of thiophene rings is 1. The van der Waals surface area contributed by atoms with Crippen LogP contribution in [-0.4, -0.2) is 11.9 Å². The number of amides is 1. The van der Waals surface area contributed by atoms with Gasteiger partial charge in [-0.2, -0.15) is 0 Å². The van der Waals surface area contributed by atoms with E-state index in [0.29, 0.717) is 6.04 Å². The lowest BCUT2D eigenvalue weighted by atomic mass is 10.1. The van der Waals surface area contributed by atoms with Crippen molar-refractivity contribution in [1.29, 1.82) is 0 Å². The molecule has 1 amide bonds. The Kier molecular flexibility index (Phi) is 1.87. The first-order valence-electron chi connectivity index (χ1n) is 5.17. The summed E-state index contributed by atoms with van der Waals surface area (Å²) in [6.07, 6.45) is 3.83. The number of hydrogen-bond donors (Lipinski definition) is 1. The van der Waals surface area contributed by atoms with Crippen molar-refractivity contribution < 1.29 is 4.79 Å². The van der Waals surface area contributed by atoms with E-state index >= 15 is 0 Å². The zero-order valence-electron chi connectivity index (χ0n) is 7.90. The predicted octanol–water partition coefficient (Wildman–Crippen LogP) is 2.28. The topological polar surface area (TPSA) is 29.1 Å². The lowest BCUT2D eigenvalue weighted by Gasteiger charge is -2.12. The lowest BCUT2D eigenvalue weighted by molar-refractivity contribution is 0.0939. The second-order valence-corrected chi connectivity index (χ2v) is 5.32. The molecule has 1 aromatic heterocycles. The molecule has 3 heteroatoms. The Morgan fingerprint density at radius 2 is 2.14 bits per heavy atom. The fraction of sp³-hybridized carbons (Fsp3) is 0.545. The molecule has 0 aromatic carbocycles. The van der Waals surface area contributed by atoms with Gasteiger partial charge in [0.05, 0.1) is 4.88 Å². The molecule has 0 bridgehead atoms. The third-order valence-electron chi connectivity index (χ3n) is 3.32. The first kappa shape index (κ1) is 8.48. The van der Waals surface area contributed by atoms with Gasteiger partial charge in [-0.25, -0.2) is 0 Å². The van der Waals surface area contributed by atoms with E-state index in [-0.39, 0.29) is 5.91 Å². The normalized spacial score (nSPS) is 33.9. The SMILES string of the molecule is O=C(NC1CC2CC2C1)c1cccs1. The summed E-state index contributed by atoms with van der Waals surface area (Å²) in [6, 6.07) is 4.26. The van der Waals surface area contributed by atoms with Crippen molar-refractivity contribution in [3.05, 3.63) is 22.4 Å². The average molecular weight is 207 g/mol. The zero-order valence-corrected chi connectivity index (χ0v) is 8.72. The summed E-state index contributed by atoms with van der Waals surface area (Å²) < 4.78 is 0. The van der Waals surface area contributed by atoms with Crippen molar-refractivity contribution in [2.75, 3.05) is 0 Å². The Labute approximate surface area is 87.3 Å². The van der Waals surface area contributed by atoms with Crippen LogP contribution in [-0.2, 0) is 0 Å². The molecule has 1 aromatic rings. The number of fused-ring (bicyclic) bond motifs is 1. The van der Waals surface area contributed by atoms with Gasteiger partial charge in [0.1, 0.15) is 0 Å². The summed E-state index contributed by atoms with van der Waals surface area (Å²) in [5.41, 5.74) is 0. The second-order valence-electron chi connectivity index (χ2n) is 4.37. The molecule has 2 unspecified atom stereocenters. The van der Waals surface area contributed by atoms with Crippen molar-refractivity contribution >= 4 is 17.2 Å². The molecule has 2 atom stereocenters. The van der Waals surface area contributed by atoms with Crippen LogP contribution in [0.1, 0.15) is 28.9 Å². The van der Waals surface area contributed by atoms with Crippen molar-refractivity contribution in [3.8, 4) is 0 Å². The van der Waals surface area contributed by atoms with Crippen LogP contribution in [0.3, 0.4) is 0 Å². The van der Waals surface area contributed by atoms with E-state index in [0.717, 1.165) is 16.7 Å². The van der Waals surface area contributed by atoms with E-state index in [9.17, 15) is 4.79 Å². The Bertz CT molecular complexity index is 336. The highest BCUT2D eigenvalue weighted by Gasteiger charge is 2.46. The van der Waals surface area contributed by atoms with E-state index in [1.807, 2.05) is 17.5 Å². The van der Waals surface area contributed by atoms with E-state index in [1.54, 1.807) is 0 Å². The summed E-state index contributed by atoms with van der Waals surface area (Å²) in [4.78, 5) is 12.5. The van der Waals surface area contributed by atoms with Crippen LogP contribution in [0.4, 0.5) is 0 Å². The van der Waals surface area contributed by atoms with Crippen LogP contribution in [0.25, 0.3) is 0 Å². The zero-order chi connectivity index (χ0) is 9.54. The molecule has 2 aliphatic carbocycles. The quantitative estimate of drug-likeness (QED) is 0.792. The Morgan fingerprint density at radius 3 is 2.79 bits per heavy atom. The van der Waals surface area contributed by atoms with Crippen LogP contribution in [0, 0.1) is 11.8 Å². The number of rotatable bonds is 2. The van der Waals surface area contributed by atoms with Gasteiger partial charge in [0.2, 0.25) is 0 Å². The third-order valence-corrected chi connectivity index (χ3v) is 4.19. The summed E-state index contributed by atoms with van der Waals surface area (Å²) in [5, 5.41) is 5.06. The maximum Gasteiger partial charge on any atom is 0.261 e. The van der Waals surface area contributed by atoms with Crippen LogP contribution in [0.5, 0.6) is 0 Å². The molecule has 2 fully saturated rings. The van der Waals surface area contributed by atoms with Gasteiger partial charge >= 0.3 is 0 Å². The number of nitrogens with one attached hydrogen (secondary N) is 1. The fourth-order valence-corrected chi connectivity index (χ4v) is 3.12. The number of carbonyl (C=O) groups is 1. The number of carbonyl (C=O) groups excluding carboxylic acids is 1. The van der Waals surface area contributed by atoms with Gasteiger partial charge < -0.3 is 5.32 Å². The van der Waals surface area contributed by atoms with Crippen molar-refractivity contribution in [1.82, 2.24) is 5.32 Å². The fourth-order valence-electron chi connectivity index (χ4n) is 2.50. The van der Waals surface area contributed by atoms with Crippen LogP contribution in [0.2, 0.25) is 0 Å². The van der Waals surface area contributed by atoms with E-state index in [4.69, 9.17) is 0 Å². The first-order valence-corrected chi connectivity index (χ1v) is 6.05. The molecule has 2 aliphatic rings. The first-order chi connectivity index (χ1) is 6.83. The molecule has 0 saturated heterocycles. The second kappa shape index (κ2) is 3.09. The minimum Gasteiger partial charge on any atom is -0.349 e. The lowest BCUT2D eigenvalue weighted by Crippen LogP contribution is -2.33. The molecule has 14 heavy (non-hydrogen) atoms. The molecule has 0 spiro atoms. The van der Waals surface area contributed by atoms with Gasteiger partial charge in [-0.15, -0.1) is 11.3 Å². The maximum absolute atomic E-state index is 11.7. The van der Waals surface area contributed by atoms with Crippen molar-refractivity contribution in [2.45, 2.75) is 25.3 Å². The van der Waals surface area contributed by atoms with Crippen molar-refractivity contribution in [2.24, 2.45) is 11.8 Å². The van der Waals surface area contributed by atoms with Crippen LogP contribution in [0.15, 0.2) is 17.5 Å². The van der Waals surface area contributed by atoms with E-state index in [1.165, 1.54) is 30.6 Å². The van der Waals surface area contributed by atoms with Gasteiger partial charge in [0.25, 0.3) is 5.91 Å². The highest BCUT2D eigenvalue weighted by Crippen LogP contribution is 2.51. The Morgan fingerprint density at radius 1 is 1.36 bits per heavy atom. The molecule has 2 saturated carbocycles. The highest BCUT2D eigenvalue weighted by atomic mass is 32.1. The molecular formula is C11H13NOS. The smallest absolute Gasteiger partial charge is 0.261 e. The Balaban J connectivity index is 1.60. The predicted molar refractivity (Wildman–Crippen MR) is 56.4 cm³/mol. The molecule has 1 N–H and O–H groups in total. The van der Waals surface area contributed by atoms with Gasteiger partial charge in [-0.05, 0) is 42.5 Å². The van der Waals surface area contributed by atoms with Crippen molar-refractivity contribution in [3.63, 3.8) is 0 Å². The maximum atomic E-state index is 11.7. The number of hydrogen-bond acceptors (Lipinski definition) is 2. The molecule has 74 valence electrons. The van der Waals surface area contributed by atoms with E-state index < -0.39 is 0 Å². The van der Waals surface area contributed by atoms with Crippen LogP contribution < -0.4 is 5.32 Å². The summed E-state index contributed by atoms with van der Waals surface area (Å²) in [5.74, 6) is 1.98. The average Bonchev–Trinajstić information content (AvgIpc) is 2.69. The van der Waals surface area contributed by atoms with Gasteiger partial charge in [-0.3, -0.25) is 4.79 Å². The molecule has 0 radical (unpaired) electrons. The molecule has 3 rings (SSSR count). The molecule has 2 nitrogen and oxygen atoms in total. The standard InChI is InChI=1S/C11H13NOS/c13-11(10-2-1-3-14-10)12-9-5-7-4-8(7)6-9/h1-3,7-9H,4-6H2,(H,12,13). The molecular weight excluding hydrogens is 194 g/mol. The summed E-state index contributed by atoms with van der Waals surface area (Å²) in [7, 11) is 0. The highest BCUT2D eigenvalue weighted by molar-refractivity contribution is 7.12. The Hall–Kier alpha value is -0.830. The van der Waals surface area contributed by atoms with E-state index in [2.05, 4.69) is 5.32 Å². The molecule has 1 heterocycles.